The van der Waals surface area contributed by atoms with Gasteiger partial charge < -0.3 is 39.5 Å². The molecule has 0 spiro atoms. The first-order chi connectivity index (χ1) is 13.1. The highest BCUT2D eigenvalue weighted by Gasteiger charge is 2.51. The Kier molecular flexibility index (Phi) is 9.59. The molecular weight excluding hydrogens is 387 g/mol. The molecule has 2 unspecified atom stereocenters. The van der Waals surface area contributed by atoms with Crippen LogP contribution in [-0.2, 0) is 28.6 Å². The topological polar surface area (TPSA) is 190 Å². The Morgan fingerprint density at radius 1 is 1.21 bits per heavy atom. The highest BCUT2D eigenvalue weighted by molar-refractivity contribution is 6.03. The van der Waals surface area contributed by atoms with Gasteiger partial charge >= 0.3 is 17.6 Å². The number of esters is 1. The normalized spacial score (nSPS) is 30.0. The van der Waals surface area contributed by atoms with Crippen LogP contribution in [0.5, 0.6) is 0 Å². The fourth-order valence-corrected chi connectivity index (χ4v) is 2.25. The van der Waals surface area contributed by atoms with E-state index in [0.717, 1.165) is 0 Å². The van der Waals surface area contributed by atoms with Gasteiger partial charge in [0, 0.05) is 12.5 Å². The third-order valence-electron chi connectivity index (χ3n) is 3.83. The van der Waals surface area contributed by atoms with Crippen molar-refractivity contribution in [1.29, 1.82) is 0 Å². The molecule has 13 heteroatoms. The quantitative estimate of drug-likeness (QED) is 0.0910. The van der Waals surface area contributed by atoms with Gasteiger partial charge in [0.2, 0.25) is 0 Å². The molecule has 164 valence electrons. The summed E-state index contributed by atoms with van der Waals surface area (Å²) in [5.41, 5.74) is 3.96. The molecule has 0 aromatic carbocycles. The van der Waals surface area contributed by atoms with Crippen LogP contribution in [0.15, 0.2) is 0 Å². The Balaban J connectivity index is 2.76. The summed E-state index contributed by atoms with van der Waals surface area (Å²) in [4.78, 5) is 28.3. The molecule has 12 nitrogen and oxygen atoms in total. The van der Waals surface area contributed by atoms with Crippen molar-refractivity contribution in [2.45, 2.75) is 62.7 Å². The maximum absolute atomic E-state index is 15.0. The van der Waals surface area contributed by atoms with Gasteiger partial charge in [-0.3, -0.25) is 5.73 Å². The van der Waals surface area contributed by atoms with E-state index in [9.17, 15) is 29.3 Å². The number of carbonyl (C=O) groups is 2. The second-order valence-electron chi connectivity index (χ2n) is 6.38. The minimum Gasteiger partial charge on any atom is -0.447 e. The van der Waals surface area contributed by atoms with Crippen molar-refractivity contribution in [1.82, 2.24) is 5.48 Å². The molecule has 28 heavy (non-hydrogen) atoms. The highest BCUT2D eigenvalue weighted by atomic mass is 19.1. The van der Waals surface area contributed by atoms with Gasteiger partial charge in [0.15, 0.2) is 6.29 Å². The zero-order chi connectivity index (χ0) is 21.5. The third kappa shape index (κ3) is 6.02. The number of nitrogens with two attached hydrogens (primary N) is 1. The number of hydrogen-bond donors (Lipinski definition) is 6. The molecule has 0 saturated carbocycles. The summed E-state index contributed by atoms with van der Waals surface area (Å²) in [7, 11) is 0. The predicted molar refractivity (Wildman–Crippen MR) is 87.7 cm³/mol. The van der Waals surface area contributed by atoms with Gasteiger partial charge in [-0.2, -0.15) is 5.48 Å². The zero-order valence-electron chi connectivity index (χ0n) is 15.5. The van der Waals surface area contributed by atoms with Crippen molar-refractivity contribution < 1.29 is 53.5 Å². The number of aliphatic hydroxyl groups excluding tert-OH is 4. The highest BCUT2D eigenvalue weighted by Crippen LogP contribution is 2.25. The van der Waals surface area contributed by atoms with E-state index in [0.29, 0.717) is 0 Å². The Hall–Kier alpha value is -1.45. The molecule has 0 aromatic rings. The van der Waals surface area contributed by atoms with Crippen molar-refractivity contribution in [3.8, 4) is 0 Å². The molecule has 1 aliphatic rings. The van der Waals surface area contributed by atoms with E-state index in [1.807, 2.05) is 0 Å². The molecule has 6 atom stereocenters. The van der Waals surface area contributed by atoms with Crippen LogP contribution >= 0.6 is 0 Å². The van der Waals surface area contributed by atoms with Crippen LogP contribution in [0.2, 0.25) is 0 Å². The van der Waals surface area contributed by atoms with Crippen LogP contribution in [0.1, 0.15) is 20.3 Å². The van der Waals surface area contributed by atoms with Crippen LogP contribution in [0, 0.1) is 0 Å². The van der Waals surface area contributed by atoms with E-state index in [4.69, 9.17) is 20.3 Å². The molecule has 0 amide bonds. The van der Waals surface area contributed by atoms with Crippen molar-refractivity contribution in [3.05, 3.63) is 0 Å². The number of hydrogen-bond acceptors (Lipinski definition) is 12. The van der Waals surface area contributed by atoms with E-state index in [-0.39, 0.29) is 6.04 Å². The van der Waals surface area contributed by atoms with Gasteiger partial charge in [0.1, 0.15) is 31.1 Å². The van der Waals surface area contributed by atoms with Crippen LogP contribution in [0.3, 0.4) is 0 Å². The van der Waals surface area contributed by atoms with E-state index in [1.54, 1.807) is 13.8 Å². The summed E-state index contributed by atoms with van der Waals surface area (Å²) >= 11 is 0. The minimum atomic E-state index is -3.27. The SMILES string of the molecule is CC(C)NOC(=O)C(F)(CCOC1O[C@H](CO)[C@@H](O)[C@H](O)[C@H]1O)C(=O)OCN. The summed E-state index contributed by atoms with van der Waals surface area (Å²) in [5, 5.41) is 38.3. The molecule has 7 N–H and O–H groups in total. The van der Waals surface area contributed by atoms with Crippen molar-refractivity contribution in [2.75, 3.05) is 19.9 Å². The summed E-state index contributed by atoms with van der Waals surface area (Å²) in [6, 6.07) is -0.357. The minimum absolute atomic E-state index is 0.357. The lowest BCUT2D eigenvalue weighted by atomic mass is 9.99. The lowest BCUT2D eigenvalue weighted by molar-refractivity contribution is -0.302. The Labute approximate surface area is 160 Å². The number of hydroxylamine groups is 1. The van der Waals surface area contributed by atoms with E-state index in [2.05, 4.69) is 15.1 Å². The molecule has 0 radical (unpaired) electrons. The third-order valence-corrected chi connectivity index (χ3v) is 3.83. The van der Waals surface area contributed by atoms with E-state index >= 15 is 0 Å². The molecule has 1 fully saturated rings. The molecule has 0 bridgehead atoms. The predicted octanol–water partition coefficient (Wildman–Crippen LogP) is -3.18. The van der Waals surface area contributed by atoms with Gasteiger partial charge in [-0.05, 0) is 13.8 Å². The van der Waals surface area contributed by atoms with Crippen molar-refractivity contribution >= 4 is 11.9 Å². The number of rotatable bonds is 10. The van der Waals surface area contributed by atoms with Crippen LogP contribution < -0.4 is 11.2 Å². The number of carbonyl (C=O) groups excluding carboxylic acids is 2. The number of halogens is 1. The van der Waals surface area contributed by atoms with Gasteiger partial charge in [0.05, 0.1) is 13.2 Å². The first-order valence-corrected chi connectivity index (χ1v) is 8.53. The molecule has 0 aromatic heterocycles. The first kappa shape index (κ1) is 24.6. The Bertz CT molecular complexity index is 523. The number of nitrogens with one attached hydrogen (secondary N) is 1. The maximum atomic E-state index is 15.0. The van der Waals surface area contributed by atoms with Crippen LogP contribution in [-0.4, -0.2) is 94.7 Å². The fraction of sp³-hybridized carbons (Fsp3) is 0.867. The molecule has 1 rings (SSSR count). The van der Waals surface area contributed by atoms with E-state index < -0.39 is 74.7 Å². The largest absolute Gasteiger partial charge is 0.447 e. The van der Waals surface area contributed by atoms with Gasteiger partial charge in [-0.25, -0.2) is 14.0 Å². The zero-order valence-corrected chi connectivity index (χ0v) is 15.5. The number of ether oxygens (including phenoxy) is 3. The number of aliphatic hydroxyl groups is 4. The molecule has 1 saturated heterocycles. The smallest absolute Gasteiger partial charge is 0.374 e. The first-order valence-electron chi connectivity index (χ1n) is 8.53. The number of alkyl halides is 1. The van der Waals surface area contributed by atoms with Crippen molar-refractivity contribution in [3.63, 3.8) is 0 Å². The average molecular weight is 414 g/mol. The van der Waals surface area contributed by atoms with Crippen LogP contribution in [0.25, 0.3) is 0 Å². The molecule has 1 heterocycles. The van der Waals surface area contributed by atoms with Gasteiger partial charge in [0.25, 0.3) is 0 Å². The van der Waals surface area contributed by atoms with Gasteiger partial charge in [-0.15, -0.1) is 0 Å². The Morgan fingerprint density at radius 2 is 1.86 bits per heavy atom. The van der Waals surface area contributed by atoms with Gasteiger partial charge in [-0.1, -0.05) is 0 Å². The molecule has 0 aliphatic carbocycles. The summed E-state index contributed by atoms with van der Waals surface area (Å²) in [6.07, 6.45) is -8.71. The van der Waals surface area contributed by atoms with Crippen LogP contribution in [0.4, 0.5) is 4.39 Å². The second kappa shape index (κ2) is 10.9. The standard InChI is InChI=1S/C15H27FN2O10/c1-7(2)18-28-14(24)15(16,13(23)26-6-17)3-4-25-12-11(22)10(21)9(20)8(5-19)27-12/h7-12,18-22H,3-6,17H2,1-2H3/t8-,9-,10+,11-,12?,15?/m1/s1. The summed E-state index contributed by atoms with van der Waals surface area (Å²) in [5.74, 6) is -3.18. The second-order valence-corrected chi connectivity index (χ2v) is 6.38. The summed E-state index contributed by atoms with van der Waals surface area (Å²) < 4.78 is 29.5. The Morgan fingerprint density at radius 3 is 2.39 bits per heavy atom. The maximum Gasteiger partial charge on any atom is 0.374 e. The van der Waals surface area contributed by atoms with E-state index in [1.165, 1.54) is 0 Å². The fourth-order valence-electron chi connectivity index (χ4n) is 2.25. The monoisotopic (exact) mass is 414 g/mol. The lowest BCUT2D eigenvalue weighted by Gasteiger charge is -2.39. The molecular formula is C15H27FN2O10. The van der Waals surface area contributed by atoms with Crippen molar-refractivity contribution in [2.24, 2.45) is 5.73 Å². The molecule has 1 aliphatic heterocycles. The average Bonchev–Trinajstić information content (AvgIpc) is 2.65. The summed E-state index contributed by atoms with van der Waals surface area (Å²) in [6.45, 7) is 1.19. The lowest BCUT2D eigenvalue weighted by Crippen LogP contribution is -2.59.